The summed E-state index contributed by atoms with van der Waals surface area (Å²) in [6.45, 7) is 4.33. The van der Waals surface area contributed by atoms with Crippen LogP contribution in [-0.2, 0) is 6.54 Å². The van der Waals surface area contributed by atoms with Crippen LogP contribution in [0.5, 0.6) is 0 Å². The zero-order valence-electron chi connectivity index (χ0n) is 15.3. The number of carbonyl (C=O) groups is 2. The summed E-state index contributed by atoms with van der Waals surface area (Å²) in [7, 11) is 0. The molecule has 1 aromatic heterocycles. The van der Waals surface area contributed by atoms with E-state index in [0.717, 1.165) is 22.5 Å². The molecule has 0 saturated carbocycles. The zero-order chi connectivity index (χ0) is 19.2. The van der Waals surface area contributed by atoms with Crippen molar-refractivity contribution in [3.63, 3.8) is 0 Å². The number of amides is 2. The Bertz CT molecular complexity index is 951. The van der Waals surface area contributed by atoms with E-state index in [1.165, 1.54) is 0 Å². The quantitative estimate of drug-likeness (QED) is 0.726. The van der Waals surface area contributed by atoms with Crippen LogP contribution in [0.2, 0.25) is 0 Å². The smallest absolute Gasteiger partial charge is 0.255 e. The Morgan fingerprint density at radius 1 is 0.852 bits per heavy atom. The van der Waals surface area contributed by atoms with Crippen molar-refractivity contribution in [1.82, 2.24) is 10.3 Å². The fourth-order valence-electron chi connectivity index (χ4n) is 2.63. The minimum atomic E-state index is -0.206. The number of nitrogens with one attached hydrogen (secondary N) is 2. The number of rotatable bonds is 5. The first-order valence-electron chi connectivity index (χ1n) is 8.70. The summed E-state index contributed by atoms with van der Waals surface area (Å²) >= 11 is 0. The fourth-order valence-corrected chi connectivity index (χ4v) is 2.63. The van der Waals surface area contributed by atoms with Crippen LogP contribution in [0.4, 0.5) is 5.69 Å². The largest absolute Gasteiger partial charge is 0.346 e. The minimum Gasteiger partial charge on any atom is -0.346 e. The number of aryl methyl sites for hydroxylation is 1. The first-order chi connectivity index (χ1) is 13.0. The Morgan fingerprint density at radius 2 is 1.56 bits per heavy atom. The Labute approximate surface area is 158 Å². The van der Waals surface area contributed by atoms with Crippen LogP contribution in [0.3, 0.4) is 0 Å². The van der Waals surface area contributed by atoms with Crippen LogP contribution in [-0.4, -0.2) is 16.8 Å². The van der Waals surface area contributed by atoms with Crippen LogP contribution in [0, 0.1) is 13.8 Å². The van der Waals surface area contributed by atoms with Crippen molar-refractivity contribution in [2.24, 2.45) is 0 Å². The number of hydrogen-bond donors (Lipinski definition) is 2. The molecule has 0 aliphatic carbocycles. The van der Waals surface area contributed by atoms with Gasteiger partial charge in [0.25, 0.3) is 11.8 Å². The Hall–Kier alpha value is -3.47. The number of aromatic nitrogens is 1. The summed E-state index contributed by atoms with van der Waals surface area (Å²) in [5, 5.41) is 5.73. The van der Waals surface area contributed by atoms with Crippen molar-refractivity contribution in [1.29, 1.82) is 0 Å². The van der Waals surface area contributed by atoms with Gasteiger partial charge in [-0.05, 0) is 67.4 Å². The molecular weight excluding hydrogens is 338 g/mol. The Balaban J connectivity index is 1.63. The fraction of sp³-hybridized carbons (Fsp3) is 0.136. The molecule has 3 rings (SSSR count). The lowest BCUT2D eigenvalue weighted by Crippen LogP contribution is -2.23. The van der Waals surface area contributed by atoms with Gasteiger partial charge in [0, 0.05) is 23.0 Å². The van der Waals surface area contributed by atoms with Crippen LogP contribution in [0.1, 0.15) is 37.5 Å². The van der Waals surface area contributed by atoms with Crippen LogP contribution >= 0.6 is 0 Å². The summed E-state index contributed by atoms with van der Waals surface area (Å²) in [6, 6.07) is 17.9. The van der Waals surface area contributed by atoms with Crippen molar-refractivity contribution in [3.05, 3.63) is 94.8 Å². The van der Waals surface area contributed by atoms with Gasteiger partial charge in [0.15, 0.2) is 0 Å². The highest BCUT2D eigenvalue weighted by atomic mass is 16.2. The van der Waals surface area contributed by atoms with E-state index in [1.54, 1.807) is 30.5 Å². The van der Waals surface area contributed by atoms with E-state index in [9.17, 15) is 9.59 Å². The standard InChI is InChI=1S/C22H21N3O2/c1-15-6-5-8-20(16(15)2)25-22(27)18-11-9-17(10-12-18)21(26)24-14-19-7-3-4-13-23-19/h3-13H,14H2,1-2H3,(H,24,26)(H,25,27). The first-order valence-corrected chi connectivity index (χ1v) is 8.70. The van der Waals surface area contributed by atoms with Gasteiger partial charge in [-0.2, -0.15) is 0 Å². The van der Waals surface area contributed by atoms with E-state index in [0.29, 0.717) is 17.7 Å². The van der Waals surface area contributed by atoms with Gasteiger partial charge in [0.1, 0.15) is 0 Å². The molecular formula is C22H21N3O2. The summed E-state index contributed by atoms with van der Waals surface area (Å²) in [4.78, 5) is 28.8. The molecule has 0 bridgehead atoms. The minimum absolute atomic E-state index is 0.204. The average molecular weight is 359 g/mol. The molecule has 2 aromatic carbocycles. The van der Waals surface area contributed by atoms with E-state index < -0.39 is 0 Å². The van der Waals surface area contributed by atoms with Crippen molar-refractivity contribution in [3.8, 4) is 0 Å². The second-order valence-corrected chi connectivity index (χ2v) is 6.28. The lowest BCUT2D eigenvalue weighted by molar-refractivity contribution is 0.0948. The van der Waals surface area contributed by atoms with Crippen molar-refractivity contribution in [2.75, 3.05) is 5.32 Å². The number of pyridine rings is 1. The number of benzene rings is 2. The molecule has 0 radical (unpaired) electrons. The molecule has 27 heavy (non-hydrogen) atoms. The van der Waals surface area contributed by atoms with Gasteiger partial charge >= 0.3 is 0 Å². The summed E-state index contributed by atoms with van der Waals surface area (Å²) in [5.41, 5.74) is 4.73. The highest BCUT2D eigenvalue weighted by molar-refractivity contribution is 6.05. The summed E-state index contributed by atoms with van der Waals surface area (Å²) < 4.78 is 0. The molecule has 0 aliphatic heterocycles. The molecule has 0 fully saturated rings. The lowest BCUT2D eigenvalue weighted by atomic mass is 10.1. The third-order valence-electron chi connectivity index (χ3n) is 4.42. The molecule has 0 aliphatic rings. The van der Waals surface area contributed by atoms with Crippen LogP contribution in [0.25, 0.3) is 0 Å². The third kappa shape index (κ3) is 4.58. The maximum absolute atomic E-state index is 12.4. The van der Waals surface area contributed by atoms with Gasteiger partial charge in [-0.3, -0.25) is 14.6 Å². The number of carbonyl (C=O) groups excluding carboxylic acids is 2. The van der Waals surface area contributed by atoms with Crippen LogP contribution in [0.15, 0.2) is 66.9 Å². The summed E-state index contributed by atoms with van der Waals surface area (Å²) in [5.74, 6) is -0.411. The highest BCUT2D eigenvalue weighted by Gasteiger charge is 2.11. The van der Waals surface area contributed by atoms with Gasteiger partial charge in [-0.25, -0.2) is 0 Å². The molecule has 0 unspecified atom stereocenters. The van der Waals surface area contributed by atoms with Crippen molar-refractivity contribution in [2.45, 2.75) is 20.4 Å². The van der Waals surface area contributed by atoms with Crippen molar-refractivity contribution >= 4 is 17.5 Å². The molecule has 0 saturated heterocycles. The number of nitrogens with zero attached hydrogens (tertiary/aromatic N) is 1. The third-order valence-corrected chi connectivity index (χ3v) is 4.42. The Morgan fingerprint density at radius 3 is 2.22 bits per heavy atom. The zero-order valence-corrected chi connectivity index (χ0v) is 15.3. The lowest BCUT2D eigenvalue weighted by Gasteiger charge is -2.11. The second-order valence-electron chi connectivity index (χ2n) is 6.28. The maximum Gasteiger partial charge on any atom is 0.255 e. The molecule has 1 heterocycles. The van der Waals surface area contributed by atoms with E-state index >= 15 is 0 Å². The van der Waals surface area contributed by atoms with Gasteiger partial charge in [0.2, 0.25) is 0 Å². The highest BCUT2D eigenvalue weighted by Crippen LogP contribution is 2.19. The monoisotopic (exact) mass is 359 g/mol. The molecule has 2 N–H and O–H groups in total. The number of hydrogen-bond acceptors (Lipinski definition) is 3. The van der Waals surface area contributed by atoms with Gasteiger partial charge in [-0.1, -0.05) is 18.2 Å². The molecule has 0 spiro atoms. The van der Waals surface area contributed by atoms with E-state index in [-0.39, 0.29) is 11.8 Å². The Kier molecular flexibility index (Phi) is 5.61. The molecule has 5 nitrogen and oxygen atoms in total. The van der Waals surface area contributed by atoms with Gasteiger partial charge in [0.05, 0.1) is 12.2 Å². The van der Waals surface area contributed by atoms with Gasteiger partial charge in [-0.15, -0.1) is 0 Å². The SMILES string of the molecule is Cc1cccc(NC(=O)c2ccc(C(=O)NCc3ccccn3)cc2)c1C. The topological polar surface area (TPSA) is 71.1 Å². The first kappa shape index (κ1) is 18.3. The second kappa shape index (κ2) is 8.27. The maximum atomic E-state index is 12.4. The predicted molar refractivity (Wildman–Crippen MR) is 106 cm³/mol. The van der Waals surface area contributed by atoms with E-state index in [1.807, 2.05) is 50.2 Å². The molecule has 0 atom stereocenters. The molecule has 136 valence electrons. The molecule has 5 heteroatoms. The van der Waals surface area contributed by atoms with E-state index in [2.05, 4.69) is 15.6 Å². The molecule has 3 aromatic rings. The average Bonchev–Trinajstić information content (AvgIpc) is 2.70. The van der Waals surface area contributed by atoms with E-state index in [4.69, 9.17) is 0 Å². The summed E-state index contributed by atoms with van der Waals surface area (Å²) in [6.07, 6.45) is 1.69. The predicted octanol–water partition coefficient (Wildman–Crippen LogP) is 3.88. The van der Waals surface area contributed by atoms with Crippen molar-refractivity contribution < 1.29 is 9.59 Å². The van der Waals surface area contributed by atoms with Crippen LogP contribution < -0.4 is 10.6 Å². The normalized spacial score (nSPS) is 10.3. The van der Waals surface area contributed by atoms with Gasteiger partial charge < -0.3 is 10.6 Å². The number of anilines is 1. The molecule has 2 amide bonds.